The highest BCUT2D eigenvalue weighted by Crippen LogP contribution is 2.37. The van der Waals surface area contributed by atoms with E-state index in [0.29, 0.717) is 37.9 Å². The van der Waals surface area contributed by atoms with Gasteiger partial charge < -0.3 is 14.9 Å². The van der Waals surface area contributed by atoms with Gasteiger partial charge >= 0.3 is 6.09 Å². The Kier molecular flexibility index (Phi) is 8.11. The molecule has 3 rings (SSSR count). The predicted octanol–water partition coefficient (Wildman–Crippen LogP) is 3.18. The van der Waals surface area contributed by atoms with Crippen molar-refractivity contribution in [1.82, 2.24) is 14.1 Å². The first kappa shape index (κ1) is 24.9. The van der Waals surface area contributed by atoms with Crippen LogP contribution in [0.4, 0.5) is 13.6 Å². The van der Waals surface area contributed by atoms with Crippen molar-refractivity contribution in [3.05, 3.63) is 35.4 Å². The molecule has 0 aromatic heterocycles. The number of sulfonamides is 1. The van der Waals surface area contributed by atoms with E-state index in [1.807, 2.05) is 0 Å². The van der Waals surface area contributed by atoms with Gasteiger partial charge in [0.1, 0.15) is 11.6 Å². The summed E-state index contributed by atoms with van der Waals surface area (Å²) in [5.41, 5.74) is 0.626. The highest BCUT2D eigenvalue weighted by atomic mass is 32.2. The lowest BCUT2D eigenvalue weighted by Gasteiger charge is -2.38. The van der Waals surface area contributed by atoms with E-state index in [-0.39, 0.29) is 17.9 Å². The van der Waals surface area contributed by atoms with Gasteiger partial charge in [0.2, 0.25) is 10.0 Å². The molecule has 1 atom stereocenters. The number of carboxylic acid groups (broad SMARTS) is 1. The number of hydrogen-bond acceptors (Lipinski definition) is 4. The first-order chi connectivity index (χ1) is 15.0. The predicted molar refractivity (Wildman–Crippen MR) is 118 cm³/mol. The van der Waals surface area contributed by atoms with Gasteiger partial charge in [0, 0.05) is 45.3 Å². The van der Waals surface area contributed by atoms with Crippen LogP contribution in [-0.4, -0.2) is 85.8 Å². The lowest BCUT2D eigenvalue weighted by atomic mass is 9.78. The Hall–Kier alpha value is -1.78. The number of nitrogens with zero attached hydrogens (tertiary/aromatic N) is 3. The summed E-state index contributed by atoms with van der Waals surface area (Å²) in [7, 11) is -1.64. The van der Waals surface area contributed by atoms with E-state index in [1.165, 1.54) is 27.6 Å². The molecule has 7 nitrogen and oxygen atoms in total. The van der Waals surface area contributed by atoms with Crippen LogP contribution < -0.4 is 0 Å². The normalized spacial score (nSPS) is 20.9. The Morgan fingerprint density at radius 3 is 2.16 bits per heavy atom. The number of rotatable bonds is 7. The molecule has 180 valence electrons. The van der Waals surface area contributed by atoms with Crippen LogP contribution in [0.5, 0.6) is 0 Å². The van der Waals surface area contributed by atoms with Gasteiger partial charge in [-0.3, -0.25) is 0 Å². The smallest absolute Gasteiger partial charge is 0.407 e. The van der Waals surface area contributed by atoms with E-state index >= 15 is 0 Å². The van der Waals surface area contributed by atoms with Crippen molar-refractivity contribution in [3.63, 3.8) is 0 Å². The summed E-state index contributed by atoms with van der Waals surface area (Å²) < 4.78 is 53.1. The summed E-state index contributed by atoms with van der Waals surface area (Å²) in [4.78, 5) is 14.8. The van der Waals surface area contributed by atoms with Crippen LogP contribution in [0.25, 0.3) is 0 Å². The second kappa shape index (κ2) is 10.4. The molecule has 2 fully saturated rings. The summed E-state index contributed by atoms with van der Waals surface area (Å²) >= 11 is 0. The van der Waals surface area contributed by atoms with Gasteiger partial charge in [-0.25, -0.2) is 26.3 Å². The molecule has 1 amide bonds. The Labute approximate surface area is 189 Å². The number of halogens is 2. The zero-order chi connectivity index (χ0) is 23.5. The largest absolute Gasteiger partial charge is 0.465 e. The van der Waals surface area contributed by atoms with Crippen molar-refractivity contribution < 1.29 is 27.1 Å². The Morgan fingerprint density at radius 1 is 1.09 bits per heavy atom. The molecule has 0 aliphatic carbocycles. The summed E-state index contributed by atoms with van der Waals surface area (Å²) in [5, 5.41) is 9.17. The summed E-state index contributed by atoms with van der Waals surface area (Å²) in [6, 6.07) is 3.67. The molecule has 32 heavy (non-hydrogen) atoms. The van der Waals surface area contributed by atoms with Crippen LogP contribution in [0.1, 0.15) is 43.6 Å². The molecule has 10 heteroatoms. The highest BCUT2D eigenvalue weighted by Gasteiger charge is 2.32. The number of carbonyl (C=O) groups is 1. The molecule has 0 saturated carbocycles. The fourth-order valence-corrected chi connectivity index (χ4v) is 5.96. The maximum atomic E-state index is 14.0. The third-order valence-electron chi connectivity index (χ3n) is 7.01. The molecular formula is C22H33F2N3O4S. The second-order valence-electron chi connectivity index (χ2n) is 9.06. The third kappa shape index (κ3) is 6.39. The van der Waals surface area contributed by atoms with Crippen molar-refractivity contribution in [3.8, 4) is 0 Å². The lowest BCUT2D eigenvalue weighted by Crippen LogP contribution is -2.45. The van der Waals surface area contributed by atoms with E-state index in [1.54, 1.807) is 7.05 Å². The van der Waals surface area contributed by atoms with Crippen LogP contribution in [0.3, 0.4) is 0 Å². The minimum absolute atomic E-state index is 0.0113. The molecule has 0 unspecified atom stereocenters. The van der Waals surface area contributed by atoms with E-state index in [4.69, 9.17) is 0 Å². The lowest BCUT2D eigenvalue weighted by molar-refractivity contribution is 0.102. The van der Waals surface area contributed by atoms with Gasteiger partial charge in [0.25, 0.3) is 0 Å². The summed E-state index contributed by atoms with van der Waals surface area (Å²) in [6.07, 6.45) is 3.83. The summed E-state index contributed by atoms with van der Waals surface area (Å²) in [5.74, 6) is -1.13. The van der Waals surface area contributed by atoms with Crippen LogP contribution in [0.2, 0.25) is 0 Å². The van der Waals surface area contributed by atoms with Gasteiger partial charge in [-0.2, -0.15) is 0 Å². The Morgan fingerprint density at radius 2 is 1.66 bits per heavy atom. The average Bonchev–Trinajstić information content (AvgIpc) is 2.73. The molecule has 1 aromatic rings. The SMILES string of the molecule is CN(C(=O)O)C1CCN(CC[C@@H](c2cc(F)cc(F)c2)C2CCN(S(C)(=O)=O)CC2)CC1. The number of piperidine rings is 2. The first-order valence-corrected chi connectivity index (χ1v) is 13.0. The summed E-state index contributed by atoms with van der Waals surface area (Å²) in [6.45, 7) is 3.14. The van der Waals surface area contributed by atoms with Gasteiger partial charge in [0.15, 0.2) is 0 Å². The monoisotopic (exact) mass is 473 g/mol. The van der Waals surface area contributed by atoms with Crippen LogP contribution in [0.15, 0.2) is 18.2 Å². The average molecular weight is 474 g/mol. The van der Waals surface area contributed by atoms with Crippen molar-refractivity contribution in [2.45, 2.75) is 44.1 Å². The molecule has 2 aliphatic heterocycles. The van der Waals surface area contributed by atoms with Crippen molar-refractivity contribution in [2.24, 2.45) is 5.92 Å². The van der Waals surface area contributed by atoms with Crippen molar-refractivity contribution in [1.29, 1.82) is 0 Å². The standard InChI is InChI=1S/C22H33F2N3O4S/c1-25(22(28)29)20-5-8-26(9-6-20)10-7-21(17-13-18(23)15-19(24)14-17)16-3-11-27(12-4-16)32(2,30)31/h13-16,20-21H,3-12H2,1-2H3,(H,28,29)/t21-/m1/s1. The fraction of sp³-hybridized carbons (Fsp3) is 0.682. The van der Waals surface area contributed by atoms with Crippen molar-refractivity contribution >= 4 is 16.1 Å². The number of likely N-dealkylation sites (tertiary alicyclic amines) is 1. The Balaban J connectivity index is 1.66. The number of hydrogen-bond donors (Lipinski definition) is 1. The van der Waals surface area contributed by atoms with Crippen molar-refractivity contribution in [2.75, 3.05) is 46.0 Å². The molecule has 2 heterocycles. The maximum absolute atomic E-state index is 14.0. The van der Waals surface area contributed by atoms with Crippen LogP contribution >= 0.6 is 0 Å². The van der Waals surface area contributed by atoms with E-state index < -0.39 is 27.8 Å². The minimum atomic E-state index is -3.24. The van der Waals surface area contributed by atoms with Gasteiger partial charge in [-0.1, -0.05) is 0 Å². The molecule has 1 aromatic carbocycles. The third-order valence-corrected chi connectivity index (χ3v) is 8.32. The molecule has 1 N–H and O–H groups in total. The molecule has 2 saturated heterocycles. The van der Waals surface area contributed by atoms with Gasteiger partial charge in [-0.15, -0.1) is 0 Å². The molecule has 0 spiro atoms. The fourth-order valence-electron chi connectivity index (χ4n) is 5.08. The zero-order valence-electron chi connectivity index (χ0n) is 18.7. The topological polar surface area (TPSA) is 81.2 Å². The van der Waals surface area contributed by atoms with Crippen LogP contribution in [-0.2, 0) is 10.0 Å². The molecule has 2 aliphatic rings. The van der Waals surface area contributed by atoms with E-state index in [9.17, 15) is 27.1 Å². The number of benzene rings is 1. The number of amides is 1. The van der Waals surface area contributed by atoms with Gasteiger partial charge in [-0.05, 0) is 68.2 Å². The first-order valence-electron chi connectivity index (χ1n) is 11.1. The minimum Gasteiger partial charge on any atom is -0.465 e. The maximum Gasteiger partial charge on any atom is 0.407 e. The van der Waals surface area contributed by atoms with E-state index in [2.05, 4.69) is 4.90 Å². The quantitative estimate of drug-likeness (QED) is 0.658. The van der Waals surface area contributed by atoms with Gasteiger partial charge in [0.05, 0.1) is 6.26 Å². The molecule has 0 bridgehead atoms. The van der Waals surface area contributed by atoms with Crippen LogP contribution in [0, 0.1) is 17.6 Å². The molecule has 0 radical (unpaired) electrons. The Bertz CT molecular complexity index is 878. The van der Waals surface area contributed by atoms with E-state index in [0.717, 1.165) is 38.5 Å². The second-order valence-corrected chi connectivity index (χ2v) is 11.0. The highest BCUT2D eigenvalue weighted by molar-refractivity contribution is 7.88. The zero-order valence-corrected chi connectivity index (χ0v) is 19.5. The molecular weight excluding hydrogens is 440 g/mol.